The minimum Gasteiger partial charge on any atom is -0.466 e. The van der Waals surface area contributed by atoms with Crippen LogP contribution in [-0.4, -0.2) is 47.4 Å². The Morgan fingerprint density at radius 2 is 0.708 bits per heavy atom. The Hall–Kier alpha value is -1.40. The lowest BCUT2D eigenvalue weighted by Gasteiger charge is -2.20. The van der Waals surface area contributed by atoms with Gasteiger partial charge in [-0.2, -0.15) is 0 Å². The molecule has 0 saturated heterocycles. The van der Waals surface area contributed by atoms with Crippen LogP contribution < -0.4 is 5.32 Å². The number of hydrogen-bond donors (Lipinski definition) is 3. The molecule has 386 valence electrons. The number of carbonyl (C=O) groups excluding carboxylic acids is 2. The number of carbonyl (C=O) groups is 2. The van der Waals surface area contributed by atoms with Crippen molar-refractivity contribution in [3.8, 4) is 0 Å². The molecule has 65 heavy (non-hydrogen) atoms. The topological polar surface area (TPSA) is 95.9 Å². The van der Waals surface area contributed by atoms with Crippen LogP contribution in [0.2, 0.25) is 0 Å². The van der Waals surface area contributed by atoms with Gasteiger partial charge in [0.05, 0.1) is 25.4 Å². The lowest BCUT2D eigenvalue weighted by molar-refractivity contribution is -0.143. The standard InChI is InChI=1S/C59H115NO5/c1-3-5-7-9-11-13-15-17-18-19-20-21-22-25-28-31-35-39-43-47-51-57(62)56(55-61)60-58(63)52-48-44-40-36-32-29-26-23-24-27-30-34-38-42-46-50-54-65-59(64)53-49-45-41-37-33-16-14-12-10-8-6-4-2/h47,51,56-57,61-62H,3-46,48-50,52-55H2,1-2H3,(H,60,63)/b51-47+. The number of unbranched alkanes of at least 4 members (excludes halogenated alkanes) is 44. The van der Waals surface area contributed by atoms with Gasteiger partial charge in [-0.05, 0) is 32.1 Å². The normalized spacial score (nSPS) is 12.6. The molecule has 6 nitrogen and oxygen atoms in total. The van der Waals surface area contributed by atoms with Crippen molar-refractivity contribution in [3.63, 3.8) is 0 Å². The third-order valence-electron chi connectivity index (χ3n) is 13.8. The number of aliphatic hydroxyl groups is 2. The van der Waals surface area contributed by atoms with Gasteiger partial charge in [0.25, 0.3) is 0 Å². The average molecular weight is 919 g/mol. The number of nitrogens with one attached hydrogen (secondary N) is 1. The SMILES string of the molecule is CCCCCCCCCCCCCCCCCCCC/C=C/C(O)C(CO)NC(=O)CCCCCCCCCCCCCCCCCCOC(=O)CCCCCCCCCCCCCC. The molecule has 0 radical (unpaired) electrons. The van der Waals surface area contributed by atoms with Crippen LogP contribution in [0, 0.1) is 0 Å². The van der Waals surface area contributed by atoms with Gasteiger partial charge in [0.1, 0.15) is 0 Å². The van der Waals surface area contributed by atoms with Gasteiger partial charge in [-0.1, -0.05) is 296 Å². The minimum absolute atomic E-state index is 0.00354. The van der Waals surface area contributed by atoms with Crippen LogP contribution in [0.25, 0.3) is 0 Å². The summed E-state index contributed by atoms with van der Waals surface area (Å²) < 4.78 is 5.47. The van der Waals surface area contributed by atoms with Crippen LogP contribution in [0.4, 0.5) is 0 Å². The quantitative estimate of drug-likeness (QED) is 0.0321. The molecule has 2 atom stereocenters. The Labute approximate surface area is 406 Å². The zero-order valence-corrected chi connectivity index (χ0v) is 44.0. The van der Waals surface area contributed by atoms with Gasteiger partial charge in [0.15, 0.2) is 0 Å². The van der Waals surface area contributed by atoms with Crippen molar-refractivity contribution in [3.05, 3.63) is 12.2 Å². The van der Waals surface area contributed by atoms with Gasteiger partial charge in [0, 0.05) is 12.8 Å². The van der Waals surface area contributed by atoms with Crippen LogP contribution in [0.1, 0.15) is 328 Å². The Bertz CT molecular complexity index is 970. The molecule has 0 aromatic rings. The molecule has 0 spiro atoms. The molecule has 0 heterocycles. The smallest absolute Gasteiger partial charge is 0.305 e. The first-order valence-corrected chi connectivity index (χ1v) is 29.5. The Morgan fingerprint density at radius 3 is 1.05 bits per heavy atom. The highest BCUT2D eigenvalue weighted by molar-refractivity contribution is 5.76. The summed E-state index contributed by atoms with van der Waals surface area (Å²) >= 11 is 0. The summed E-state index contributed by atoms with van der Waals surface area (Å²) in [6.07, 6.45) is 65.2. The maximum absolute atomic E-state index is 12.5. The third kappa shape index (κ3) is 51.8. The molecule has 0 fully saturated rings. The van der Waals surface area contributed by atoms with E-state index in [9.17, 15) is 19.8 Å². The number of hydrogen-bond acceptors (Lipinski definition) is 5. The van der Waals surface area contributed by atoms with E-state index in [1.807, 2.05) is 6.08 Å². The molecule has 3 N–H and O–H groups in total. The fraction of sp³-hybridized carbons (Fsp3) is 0.932. The van der Waals surface area contributed by atoms with Crippen LogP contribution >= 0.6 is 0 Å². The van der Waals surface area contributed by atoms with E-state index in [2.05, 4.69) is 19.2 Å². The molecule has 0 aliphatic rings. The molecule has 0 aromatic heterocycles. The van der Waals surface area contributed by atoms with E-state index >= 15 is 0 Å². The van der Waals surface area contributed by atoms with E-state index < -0.39 is 12.1 Å². The van der Waals surface area contributed by atoms with E-state index in [-0.39, 0.29) is 18.5 Å². The van der Waals surface area contributed by atoms with Gasteiger partial charge in [-0.3, -0.25) is 9.59 Å². The molecule has 0 saturated carbocycles. The van der Waals surface area contributed by atoms with Gasteiger partial charge in [-0.25, -0.2) is 0 Å². The zero-order valence-electron chi connectivity index (χ0n) is 44.0. The van der Waals surface area contributed by atoms with Crippen molar-refractivity contribution in [1.82, 2.24) is 5.32 Å². The number of amides is 1. The summed E-state index contributed by atoms with van der Waals surface area (Å²) in [5.41, 5.74) is 0. The van der Waals surface area contributed by atoms with E-state index in [1.54, 1.807) is 6.08 Å². The lowest BCUT2D eigenvalue weighted by Crippen LogP contribution is -2.45. The first-order valence-electron chi connectivity index (χ1n) is 29.5. The molecule has 0 aromatic carbocycles. The maximum atomic E-state index is 12.5. The van der Waals surface area contributed by atoms with Crippen LogP contribution in [-0.2, 0) is 14.3 Å². The summed E-state index contributed by atoms with van der Waals surface area (Å²) in [6, 6.07) is -0.632. The molecule has 0 aliphatic carbocycles. The summed E-state index contributed by atoms with van der Waals surface area (Å²) in [5, 5.41) is 23.2. The molecular weight excluding hydrogens is 803 g/mol. The molecule has 0 bridgehead atoms. The van der Waals surface area contributed by atoms with Crippen LogP contribution in [0.15, 0.2) is 12.2 Å². The monoisotopic (exact) mass is 918 g/mol. The lowest BCUT2D eigenvalue weighted by atomic mass is 10.0. The van der Waals surface area contributed by atoms with Gasteiger partial charge < -0.3 is 20.3 Å². The largest absolute Gasteiger partial charge is 0.466 e. The summed E-state index contributed by atoms with van der Waals surface area (Å²) in [4.78, 5) is 24.5. The number of esters is 1. The fourth-order valence-corrected chi connectivity index (χ4v) is 9.28. The first-order chi connectivity index (χ1) is 32.0. The van der Waals surface area contributed by atoms with E-state index in [0.29, 0.717) is 19.4 Å². The Kier molecular flexibility index (Phi) is 54.0. The van der Waals surface area contributed by atoms with Crippen molar-refractivity contribution in [2.75, 3.05) is 13.2 Å². The molecular formula is C59H115NO5. The fourth-order valence-electron chi connectivity index (χ4n) is 9.28. The average Bonchev–Trinajstić information content (AvgIpc) is 3.31. The number of rotatable bonds is 55. The molecule has 0 aliphatic heterocycles. The Morgan fingerprint density at radius 1 is 0.415 bits per heavy atom. The minimum atomic E-state index is -0.849. The van der Waals surface area contributed by atoms with Crippen molar-refractivity contribution in [2.45, 2.75) is 341 Å². The van der Waals surface area contributed by atoms with E-state index in [0.717, 1.165) is 44.9 Å². The van der Waals surface area contributed by atoms with Gasteiger partial charge >= 0.3 is 5.97 Å². The predicted molar refractivity (Wildman–Crippen MR) is 283 cm³/mol. The predicted octanol–water partition coefficient (Wildman–Crippen LogP) is 18.1. The van der Waals surface area contributed by atoms with Gasteiger partial charge in [-0.15, -0.1) is 0 Å². The van der Waals surface area contributed by atoms with Crippen LogP contribution in [0.3, 0.4) is 0 Å². The second-order valence-corrected chi connectivity index (χ2v) is 20.3. The third-order valence-corrected chi connectivity index (χ3v) is 13.8. The zero-order chi connectivity index (χ0) is 47.2. The Balaban J connectivity index is 3.45. The van der Waals surface area contributed by atoms with Crippen molar-refractivity contribution < 1.29 is 24.5 Å². The molecule has 1 amide bonds. The van der Waals surface area contributed by atoms with Crippen molar-refractivity contribution in [1.29, 1.82) is 0 Å². The number of aliphatic hydroxyl groups excluding tert-OH is 2. The number of ether oxygens (including phenoxy) is 1. The highest BCUT2D eigenvalue weighted by Crippen LogP contribution is 2.17. The summed E-state index contributed by atoms with van der Waals surface area (Å²) in [5.74, 6) is -0.0679. The highest BCUT2D eigenvalue weighted by atomic mass is 16.5. The molecule has 6 heteroatoms. The second-order valence-electron chi connectivity index (χ2n) is 20.3. The second kappa shape index (κ2) is 55.2. The summed E-state index contributed by atoms with van der Waals surface area (Å²) in [6.45, 7) is 4.91. The first kappa shape index (κ1) is 63.6. The van der Waals surface area contributed by atoms with E-state index in [4.69, 9.17) is 4.74 Å². The van der Waals surface area contributed by atoms with Gasteiger partial charge in [0.2, 0.25) is 5.91 Å². The number of allylic oxidation sites excluding steroid dienone is 1. The molecule has 2 unspecified atom stereocenters. The summed E-state index contributed by atoms with van der Waals surface area (Å²) in [7, 11) is 0. The maximum Gasteiger partial charge on any atom is 0.305 e. The van der Waals surface area contributed by atoms with Crippen molar-refractivity contribution >= 4 is 11.9 Å². The molecule has 0 rings (SSSR count). The van der Waals surface area contributed by atoms with E-state index in [1.165, 1.54) is 257 Å². The van der Waals surface area contributed by atoms with Crippen molar-refractivity contribution in [2.24, 2.45) is 0 Å². The highest BCUT2D eigenvalue weighted by Gasteiger charge is 2.18. The van der Waals surface area contributed by atoms with Crippen LogP contribution in [0.5, 0.6) is 0 Å².